The van der Waals surface area contributed by atoms with E-state index in [1.54, 1.807) is 37.3 Å². The van der Waals surface area contributed by atoms with Crippen molar-refractivity contribution < 1.29 is 28.8 Å². The van der Waals surface area contributed by atoms with Gasteiger partial charge in [0.05, 0.1) is 16.4 Å². The second kappa shape index (κ2) is 10.4. The average molecular weight is 521 g/mol. The number of amides is 2. The largest absolute Gasteiger partial charge is 0.488 e. The maximum absolute atomic E-state index is 12.6. The zero-order chi connectivity index (χ0) is 23.3. The molecule has 1 aliphatic rings. The number of imide groups is 1. The third-order valence-corrected chi connectivity index (χ3v) is 5.67. The van der Waals surface area contributed by atoms with Crippen molar-refractivity contribution in [3.63, 3.8) is 0 Å². The first kappa shape index (κ1) is 23.5. The standard InChI is InChI=1S/C21H17BrN2O7S/c1-2-30-19(25)11-23-20(26)18(32-21(23)27)10-14-9-15(22)5-8-17(14)31-12-13-3-6-16(7-4-13)24(28)29/h3-10H,2,11-12H2,1H3/b18-10+. The van der Waals surface area contributed by atoms with Crippen LogP contribution in [0.4, 0.5) is 10.5 Å². The number of thioether (sulfide) groups is 1. The van der Waals surface area contributed by atoms with Gasteiger partial charge in [0.15, 0.2) is 0 Å². The number of hydrogen-bond acceptors (Lipinski definition) is 8. The van der Waals surface area contributed by atoms with Crippen molar-refractivity contribution >= 4 is 56.6 Å². The van der Waals surface area contributed by atoms with Crippen LogP contribution < -0.4 is 4.74 Å². The van der Waals surface area contributed by atoms with Crippen LogP contribution in [0.3, 0.4) is 0 Å². The van der Waals surface area contributed by atoms with Crippen LogP contribution in [0.1, 0.15) is 18.1 Å². The lowest BCUT2D eigenvalue weighted by molar-refractivity contribution is -0.384. The van der Waals surface area contributed by atoms with Crippen LogP contribution in [-0.2, 0) is 20.9 Å². The lowest BCUT2D eigenvalue weighted by atomic mass is 10.1. The van der Waals surface area contributed by atoms with E-state index in [4.69, 9.17) is 9.47 Å². The molecule has 2 aromatic carbocycles. The number of esters is 1. The normalized spacial score (nSPS) is 14.7. The summed E-state index contributed by atoms with van der Waals surface area (Å²) in [4.78, 5) is 47.8. The van der Waals surface area contributed by atoms with Gasteiger partial charge >= 0.3 is 5.97 Å². The topological polar surface area (TPSA) is 116 Å². The smallest absolute Gasteiger partial charge is 0.326 e. The number of rotatable bonds is 8. The number of carbonyl (C=O) groups is 3. The molecule has 0 atom stereocenters. The Labute approximate surface area is 195 Å². The van der Waals surface area contributed by atoms with E-state index in [1.165, 1.54) is 18.2 Å². The number of benzene rings is 2. The molecular weight excluding hydrogens is 504 g/mol. The van der Waals surface area contributed by atoms with E-state index in [-0.39, 0.29) is 23.8 Å². The summed E-state index contributed by atoms with van der Waals surface area (Å²) in [5.74, 6) is -0.802. The minimum Gasteiger partial charge on any atom is -0.488 e. The highest BCUT2D eigenvalue weighted by Crippen LogP contribution is 2.35. The van der Waals surface area contributed by atoms with Gasteiger partial charge in [-0.2, -0.15) is 0 Å². The molecule has 3 rings (SSSR count). The number of ether oxygens (including phenoxy) is 2. The summed E-state index contributed by atoms with van der Waals surface area (Å²) in [5, 5.41) is 10.2. The second-order valence-electron chi connectivity index (χ2n) is 6.47. The third kappa shape index (κ3) is 5.74. The molecule has 0 unspecified atom stereocenters. The molecule has 32 heavy (non-hydrogen) atoms. The zero-order valence-corrected chi connectivity index (χ0v) is 19.2. The van der Waals surface area contributed by atoms with Crippen LogP contribution in [0.25, 0.3) is 6.08 Å². The van der Waals surface area contributed by atoms with Crippen molar-refractivity contribution in [3.05, 3.63) is 73.1 Å². The van der Waals surface area contributed by atoms with Crippen LogP contribution in [0.2, 0.25) is 0 Å². The minimum atomic E-state index is -0.661. The van der Waals surface area contributed by atoms with Gasteiger partial charge in [0.25, 0.3) is 16.8 Å². The molecule has 0 aliphatic carbocycles. The fourth-order valence-corrected chi connectivity index (χ4v) is 3.96. The van der Waals surface area contributed by atoms with Crippen molar-refractivity contribution in [1.82, 2.24) is 4.90 Å². The summed E-state index contributed by atoms with van der Waals surface area (Å²) < 4.78 is 11.4. The third-order valence-electron chi connectivity index (χ3n) is 4.27. The van der Waals surface area contributed by atoms with Gasteiger partial charge in [-0.3, -0.25) is 29.4 Å². The molecule has 0 bridgehead atoms. The van der Waals surface area contributed by atoms with Crippen molar-refractivity contribution in [2.75, 3.05) is 13.2 Å². The molecule has 0 spiro atoms. The second-order valence-corrected chi connectivity index (χ2v) is 8.38. The summed E-state index contributed by atoms with van der Waals surface area (Å²) >= 11 is 4.10. The van der Waals surface area contributed by atoms with Crippen molar-refractivity contribution in [2.45, 2.75) is 13.5 Å². The highest BCUT2D eigenvalue weighted by molar-refractivity contribution is 9.10. The fraction of sp³-hybridized carbons (Fsp3) is 0.190. The van der Waals surface area contributed by atoms with E-state index >= 15 is 0 Å². The maximum Gasteiger partial charge on any atom is 0.326 e. The number of nitro benzene ring substituents is 1. The predicted molar refractivity (Wildman–Crippen MR) is 121 cm³/mol. The fourth-order valence-electron chi connectivity index (χ4n) is 2.75. The van der Waals surface area contributed by atoms with E-state index in [0.717, 1.165) is 26.7 Å². The van der Waals surface area contributed by atoms with E-state index < -0.39 is 28.6 Å². The number of hydrogen-bond donors (Lipinski definition) is 0. The van der Waals surface area contributed by atoms with Crippen LogP contribution in [-0.4, -0.2) is 40.1 Å². The summed E-state index contributed by atoms with van der Waals surface area (Å²) in [6.45, 7) is 1.48. The van der Waals surface area contributed by atoms with Gasteiger partial charge in [-0.1, -0.05) is 15.9 Å². The molecule has 2 aromatic rings. The molecule has 166 valence electrons. The zero-order valence-electron chi connectivity index (χ0n) is 16.8. The number of non-ortho nitro benzene ring substituents is 1. The summed E-state index contributed by atoms with van der Waals surface area (Å²) in [5.41, 5.74) is 1.25. The van der Waals surface area contributed by atoms with Crippen LogP contribution >= 0.6 is 27.7 Å². The molecule has 1 aliphatic heterocycles. The first-order valence-corrected chi connectivity index (χ1v) is 11.0. The number of halogens is 1. The Morgan fingerprint density at radius 2 is 1.94 bits per heavy atom. The Kier molecular flexibility index (Phi) is 7.65. The van der Waals surface area contributed by atoms with Gasteiger partial charge in [0.2, 0.25) is 0 Å². The van der Waals surface area contributed by atoms with Gasteiger partial charge in [0.1, 0.15) is 18.9 Å². The molecule has 0 saturated carbocycles. The van der Waals surface area contributed by atoms with Crippen LogP contribution in [0.15, 0.2) is 51.8 Å². The predicted octanol–water partition coefficient (Wildman–Crippen LogP) is 4.54. The van der Waals surface area contributed by atoms with Gasteiger partial charge < -0.3 is 9.47 Å². The summed E-state index contributed by atoms with van der Waals surface area (Å²) in [6.07, 6.45) is 1.52. The van der Waals surface area contributed by atoms with Gasteiger partial charge in [0, 0.05) is 22.2 Å². The molecule has 2 amide bonds. The first-order chi connectivity index (χ1) is 15.3. The SMILES string of the molecule is CCOC(=O)CN1C(=O)S/C(=C/c2cc(Br)ccc2OCc2ccc([N+](=O)[O-])cc2)C1=O. The van der Waals surface area contributed by atoms with E-state index in [0.29, 0.717) is 11.3 Å². The molecule has 1 heterocycles. The molecule has 0 radical (unpaired) electrons. The highest BCUT2D eigenvalue weighted by atomic mass is 79.9. The number of carbonyl (C=O) groups excluding carboxylic acids is 3. The quantitative estimate of drug-likeness (QED) is 0.215. The monoisotopic (exact) mass is 520 g/mol. The lowest BCUT2D eigenvalue weighted by Gasteiger charge is -2.11. The Hall–Kier alpha value is -3.18. The maximum atomic E-state index is 12.6. The molecule has 1 saturated heterocycles. The Balaban J connectivity index is 1.78. The highest BCUT2D eigenvalue weighted by Gasteiger charge is 2.36. The van der Waals surface area contributed by atoms with Crippen molar-refractivity contribution in [2.24, 2.45) is 0 Å². The Bertz CT molecular complexity index is 1100. The molecule has 0 aromatic heterocycles. The Morgan fingerprint density at radius 3 is 2.59 bits per heavy atom. The summed E-state index contributed by atoms with van der Waals surface area (Å²) in [6, 6.07) is 11.2. The number of nitrogens with zero attached hydrogens (tertiary/aromatic N) is 2. The van der Waals surface area contributed by atoms with Crippen LogP contribution in [0.5, 0.6) is 5.75 Å². The summed E-state index contributed by atoms with van der Waals surface area (Å²) in [7, 11) is 0. The van der Waals surface area contributed by atoms with E-state index in [9.17, 15) is 24.5 Å². The molecule has 9 nitrogen and oxygen atoms in total. The Morgan fingerprint density at radius 1 is 1.22 bits per heavy atom. The molecular formula is C21H17BrN2O7S. The molecule has 0 N–H and O–H groups in total. The van der Waals surface area contributed by atoms with Gasteiger partial charge in [-0.15, -0.1) is 0 Å². The number of nitro groups is 1. The van der Waals surface area contributed by atoms with Gasteiger partial charge in [-0.05, 0) is 60.7 Å². The lowest BCUT2D eigenvalue weighted by Crippen LogP contribution is -2.34. The van der Waals surface area contributed by atoms with Crippen LogP contribution in [0, 0.1) is 10.1 Å². The average Bonchev–Trinajstić information content (AvgIpc) is 3.01. The first-order valence-electron chi connectivity index (χ1n) is 9.35. The van der Waals surface area contributed by atoms with E-state index in [1.807, 2.05) is 0 Å². The van der Waals surface area contributed by atoms with E-state index in [2.05, 4.69) is 15.9 Å². The molecule has 1 fully saturated rings. The molecule has 11 heteroatoms. The minimum absolute atomic E-state index is 0.0170. The van der Waals surface area contributed by atoms with Crippen molar-refractivity contribution in [3.8, 4) is 5.75 Å². The van der Waals surface area contributed by atoms with Gasteiger partial charge in [-0.25, -0.2) is 0 Å². The van der Waals surface area contributed by atoms with Crippen molar-refractivity contribution in [1.29, 1.82) is 0 Å².